The summed E-state index contributed by atoms with van der Waals surface area (Å²) in [5, 5.41) is 4.09. The predicted molar refractivity (Wildman–Crippen MR) is 130 cm³/mol. The molecule has 0 radical (unpaired) electrons. The van der Waals surface area contributed by atoms with Crippen LogP contribution in [0.1, 0.15) is 25.0 Å². The van der Waals surface area contributed by atoms with Crippen LogP contribution in [-0.4, -0.2) is 61.5 Å². The minimum absolute atomic E-state index is 0.325. The Kier molecular flexibility index (Phi) is 6.47. The Bertz CT molecular complexity index is 1230. The number of sulfonamides is 1. The number of fused-ring (bicyclic) bond motifs is 1. The Labute approximate surface area is 199 Å². The number of imidazole rings is 1. The SMILES string of the molecule is O=S(=O)(c1ccc(N2CCOCC2)c(NCc2cn3cc(Cl)ccc3n2)c1)N1CCCCC1. The molecule has 1 aromatic carbocycles. The van der Waals surface area contributed by atoms with Crippen LogP contribution in [0.25, 0.3) is 5.65 Å². The second-order valence-electron chi connectivity index (χ2n) is 8.44. The van der Waals surface area contributed by atoms with E-state index in [1.165, 1.54) is 0 Å². The Morgan fingerprint density at radius 3 is 2.58 bits per heavy atom. The van der Waals surface area contributed by atoms with E-state index < -0.39 is 10.0 Å². The van der Waals surface area contributed by atoms with Gasteiger partial charge in [-0.2, -0.15) is 4.31 Å². The number of benzene rings is 1. The van der Waals surface area contributed by atoms with E-state index in [2.05, 4.69) is 15.2 Å². The van der Waals surface area contributed by atoms with Crippen molar-refractivity contribution in [3.8, 4) is 0 Å². The third-order valence-electron chi connectivity index (χ3n) is 6.20. The molecule has 10 heteroatoms. The zero-order valence-electron chi connectivity index (χ0n) is 18.4. The van der Waals surface area contributed by atoms with Crippen LogP contribution < -0.4 is 10.2 Å². The van der Waals surface area contributed by atoms with Crippen molar-refractivity contribution in [2.45, 2.75) is 30.7 Å². The number of pyridine rings is 1. The summed E-state index contributed by atoms with van der Waals surface area (Å²) in [6.45, 7) is 4.46. The smallest absolute Gasteiger partial charge is 0.243 e. The molecule has 2 aliphatic heterocycles. The fraction of sp³-hybridized carbons (Fsp3) is 0.435. The predicted octanol–water partition coefficient (Wildman–Crippen LogP) is 3.61. The summed E-state index contributed by atoms with van der Waals surface area (Å²) in [5.41, 5.74) is 3.41. The van der Waals surface area contributed by atoms with E-state index in [-0.39, 0.29) is 0 Å². The van der Waals surface area contributed by atoms with E-state index in [1.807, 2.05) is 35.0 Å². The van der Waals surface area contributed by atoms with Gasteiger partial charge in [0.2, 0.25) is 10.0 Å². The van der Waals surface area contributed by atoms with Crippen molar-refractivity contribution in [3.05, 3.63) is 53.4 Å². The average Bonchev–Trinajstić information content (AvgIpc) is 3.25. The number of hydrogen-bond acceptors (Lipinski definition) is 6. The molecular formula is C23H28ClN5O3S. The van der Waals surface area contributed by atoms with Gasteiger partial charge in [-0.25, -0.2) is 13.4 Å². The lowest BCUT2D eigenvalue weighted by atomic mass is 10.2. The zero-order chi connectivity index (χ0) is 22.8. The Balaban J connectivity index is 1.44. The molecule has 0 bridgehead atoms. The summed E-state index contributed by atoms with van der Waals surface area (Å²) >= 11 is 6.09. The van der Waals surface area contributed by atoms with Crippen LogP contribution in [0, 0.1) is 0 Å². The van der Waals surface area contributed by atoms with Crippen LogP contribution in [0.2, 0.25) is 5.02 Å². The van der Waals surface area contributed by atoms with Gasteiger partial charge in [-0.05, 0) is 43.2 Å². The van der Waals surface area contributed by atoms with Crippen molar-refractivity contribution >= 4 is 38.6 Å². The lowest BCUT2D eigenvalue weighted by Gasteiger charge is -2.31. The largest absolute Gasteiger partial charge is 0.378 e. The van der Waals surface area contributed by atoms with Gasteiger partial charge in [0.25, 0.3) is 0 Å². The highest BCUT2D eigenvalue weighted by atomic mass is 35.5. The molecule has 33 heavy (non-hydrogen) atoms. The number of halogens is 1. The van der Waals surface area contributed by atoms with Crippen LogP contribution in [0.3, 0.4) is 0 Å². The number of ether oxygens (including phenoxy) is 1. The molecule has 0 unspecified atom stereocenters. The molecule has 2 aliphatic rings. The molecule has 0 aliphatic carbocycles. The molecule has 0 amide bonds. The summed E-state index contributed by atoms with van der Waals surface area (Å²) in [5.74, 6) is 0. The number of nitrogens with one attached hydrogen (secondary N) is 1. The van der Waals surface area contributed by atoms with Crippen LogP contribution >= 0.6 is 11.6 Å². The Morgan fingerprint density at radius 1 is 1.00 bits per heavy atom. The third-order valence-corrected chi connectivity index (χ3v) is 8.32. The van der Waals surface area contributed by atoms with E-state index in [1.54, 1.807) is 16.4 Å². The van der Waals surface area contributed by atoms with Gasteiger partial charge in [-0.1, -0.05) is 18.0 Å². The van der Waals surface area contributed by atoms with Crippen molar-refractivity contribution in [1.29, 1.82) is 0 Å². The van der Waals surface area contributed by atoms with E-state index in [0.29, 0.717) is 42.8 Å². The maximum absolute atomic E-state index is 13.3. The molecular weight excluding hydrogens is 462 g/mol. The standard InChI is InChI=1S/C23H28ClN5O3S/c24-18-4-7-23-26-19(17-28(23)16-18)15-25-21-14-20(33(30,31)29-8-2-1-3-9-29)5-6-22(21)27-10-12-32-13-11-27/h4-7,14,16-17,25H,1-3,8-13,15H2. The summed E-state index contributed by atoms with van der Waals surface area (Å²) in [6, 6.07) is 9.09. The zero-order valence-corrected chi connectivity index (χ0v) is 20.0. The number of anilines is 2. The van der Waals surface area contributed by atoms with E-state index in [0.717, 1.165) is 55.1 Å². The minimum atomic E-state index is -3.52. The number of nitrogens with zero attached hydrogens (tertiary/aromatic N) is 4. The van der Waals surface area contributed by atoms with Gasteiger partial charge < -0.3 is 19.4 Å². The molecule has 0 atom stereocenters. The summed E-state index contributed by atoms with van der Waals surface area (Å²) in [6.07, 6.45) is 6.65. The summed E-state index contributed by atoms with van der Waals surface area (Å²) in [4.78, 5) is 7.19. The lowest BCUT2D eigenvalue weighted by Crippen LogP contribution is -2.37. The van der Waals surface area contributed by atoms with Gasteiger partial charge in [0.1, 0.15) is 5.65 Å². The first-order valence-electron chi connectivity index (χ1n) is 11.3. The maximum atomic E-state index is 13.3. The van der Waals surface area contributed by atoms with Crippen LogP contribution in [-0.2, 0) is 21.3 Å². The number of morpholine rings is 1. The quantitative estimate of drug-likeness (QED) is 0.570. The maximum Gasteiger partial charge on any atom is 0.243 e. The second kappa shape index (κ2) is 9.50. The minimum Gasteiger partial charge on any atom is -0.378 e. The van der Waals surface area contributed by atoms with Gasteiger partial charge in [0.05, 0.1) is 46.7 Å². The second-order valence-corrected chi connectivity index (χ2v) is 10.8. The first-order valence-corrected chi connectivity index (χ1v) is 13.2. The lowest BCUT2D eigenvalue weighted by molar-refractivity contribution is 0.123. The van der Waals surface area contributed by atoms with Crippen LogP contribution in [0.4, 0.5) is 11.4 Å². The van der Waals surface area contributed by atoms with Crippen molar-refractivity contribution < 1.29 is 13.2 Å². The summed E-state index contributed by atoms with van der Waals surface area (Å²) in [7, 11) is -3.52. The molecule has 2 fully saturated rings. The van der Waals surface area contributed by atoms with Gasteiger partial charge in [-0.3, -0.25) is 0 Å². The molecule has 2 aromatic heterocycles. The number of hydrogen-bond donors (Lipinski definition) is 1. The molecule has 0 saturated carbocycles. The van der Waals surface area contributed by atoms with E-state index >= 15 is 0 Å². The van der Waals surface area contributed by atoms with Crippen LogP contribution in [0.5, 0.6) is 0 Å². The Morgan fingerprint density at radius 2 is 1.79 bits per heavy atom. The first-order chi connectivity index (χ1) is 16.0. The highest BCUT2D eigenvalue weighted by Gasteiger charge is 2.27. The van der Waals surface area contributed by atoms with Gasteiger partial charge >= 0.3 is 0 Å². The van der Waals surface area contributed by atoms with Crippen LogP contribution in [0.15, 0.2) is 47.6 Å². The molecule has 4 heterocycles. The third kappa shape index (κ3) is 4.82. The molecule has 5 rings (SSSR count). The highest BCUT2D eigenvalue weighted by Crippen LogP contribution is 2.32. The van der Waals surface area contributed by atoms with Gasteiger partial charge in [0.15, 0.2) is 0 Å². The van der Waals surface area contributed by atoms with Crippen molar-refractivity contribution in [3.63, 3.8) is 0 Å². The van der Waals surface area contributed by atoms with E-state index in [4.69, 9.17) is 16.3 Å². The molecule has 0 spiro atoms. The molecule has 3 aromatic rings. The monoisotopic (exact) mass is 489 g/mol. The first kappa shape index (κ1) is 22.5. The van der Waals surface area contributed by atoms with Gasteiger partial charge in [-0.15, -0.1) is 0 Å². The van der Waals surface area contributed by atoms with Gasteiger partial charge in [0, 0.05) is 38.6 Å². The normalized spacial score (nSPS) is 18.0. The average molecular weight is 490 g/mol. The van der Waals surface area contributed by atoms with Crippen molar-refractivity contribution in [2.24, 2.45) is 0 Å². The van der Waals surface area contributed by atoms with E-state index in [9.17, 15) is 8.42 Å². The fourth-order valence-electron chi connectivity index (χ4n) is 4.44. The number of aromatic nitrogens is 2. The topological polar surface area (TPSA) is 79.2 Å². The number of rotatable bonds is 6. The molecule has 1 N–H and O–H groups in total. The Hall–Kier alpha value is -2.33. The molecule has 8 nitrogen and oxygen atoms in total. The molecule has 2 saturated heterocycles. The van der Waals surface area contributed by atoms with Crippen molar-refractivity contribution in [1.82, 2.24) is 13.7 Å². The fourth-order valence-corrected chi connectivity index (χ4v) is 6.15. The molecule has 176 valence electrons. The summed E-state index contributed by atoms with van der Waals surface area (Å²) < 4.78 is 35.6. The van der Waals surface area contributed by atoms with Crippen molar-refractivity contribution in [2.75, 3.05) is 49.6 Å². The number of piperidine rings is 1. The highest BCUT2D eigenvalue weighted by molar-refractivity contribution is 7.89.